The summed E-state index contributed by atoms with van der Waals surface area (Å²) < 4.78 is 4.33. The van der Waals surface area contributed by atoms with Crippen LogP contribution in [0.2, 0.25) is 0 Å². The van der Waals surface area contributed by atoms with Crippen LogP contribution in [0.3, 0.4) is 0 Å². The molecule has 0 saturated carbocycles. The van der Waals surface area contributed by atoms with Crippen molar-refractivity contribution in [1.29, 1.82) is 0 Å². The number of non-ortho nitro benzene ring substituents is 1. The van der Waals surface area contributed by atoms with Gasteiger partial charge in [-0.05, 0) is 18.4 Å². The van der Waals surface area contributed by atoms with E-state index in [1.165, 1.54) is 12.1 Å². The van der Waals surface area contributed by atoms with Crippen molar-refractivity contribution in [2.24, 2.45) is 0 Å². The highest BCUT2D eigenvalue weighted by atomic mass is 16.7. The predicted molar refractivity (Wildman–Crippen MR) is 55.4 cm³/mol. The molecule has 0 atom stereocenters. The lowest BCUT2D eigenvalue weighted by Crippen LogP contribution is -2.02. The second kappa shape index (κ2) is 5.69. The minimum atomic E-state index is -1.29. The standard InChI is InChI=1S/C10H11NO5/c12-10(13)16-7-1-2-8-3-5-9(6-4-8)11(14)15/h3-6H,1-2,7H2,(H,12,13). The average molecular weight is 225 g/mol. The number of nitrogens with zero attached hydrogens (tertiary/aromatic N) is 1. The van der Waals surface area contributed by atoms with Crippen molar-refractivity contribution in [3.05, 3.63) is 39.9 Å². The van der Waals surface area contributed by atoms with Crippen molar-refractivity contribution in [3.63, 3.8) is 0 Å². The van der Waals surface area contributed by atoms with Gasteiger partial charge in [0.05, 0.1) is 11.5 Å². The maximum atomic E-state index is 10.4. The van der Waals surface area contributed by atoms with E-state index < -0.39 is 11.1 Å². The van der Waals surface area contributed by atoms with E-state index >= 15 is 0 Å². The molecule has 16 heavy (non-hydrogen) atoms. The first-order valence-corrected chi connectivity index (χ1v) is 4.68. The van der Waals surface area contributed by atoms with Gasteiger partial charge in [0.25, 0.3) is 5.69 Å². The van der Waals surface area contributed by atoms with Crippen molar-refractivity contribution in [3.8, 4) is 0 Å². The number of benzene rings is 1. The molecule has 1 rings (SSSR count). The molecule has 6 heteroatoms. The molecule has 0 radical (unpaired) electrons. The Bertz CT molecular complexity index is 373. The van der Waals surface area contributed by atoms with E-state index in [4.69, 9.17) is 5.11 Å². The molecule has 0 aliphatic carbocycles. The second-order valence-corrected chi connectivity index (χ2v) is 3.14. The fourth-order valence-corrected chi connectivity index (χ4v) is 1.22. The van der Waals surface area contributed by atoms with Crippen LogP contribution in [-0.4, -0.2) is 22.8 Å². The highest BCUT2D eigenvalue weighted by molar-refractivity contribution is 5.56. The van der Waals surface area contributed by atoms with E-state index in [0.717, 1.165) is 5.56 Å². The number of hydrogen-bond acceptors (Lipinski definition) is 4. The first kappa shape index (κ1) is 12.0. The summed E-state index contributed by atoms with van der Waals surface area (Å²) in [6, 6.07) is 6.15. The maximum Gasteiger partial charge on any atom is 0.505 e. The monoisotopic (exact) mass is 225 g/mol. The maximum absolute atomic E-state index is 10.4. The fraction of sp³-hybridized carbons (Fsp3) is 0.300. The molecule has 86 valence electrons. The van der Waals surface area contributed by atoms with Gasteiger partial charge in [0.1, 0.15) is 0 Å². The van der Waals surface area contributed by atoms with Gasteiger partial charge in [-0.15, -0.1) is 0 Å². The highest BCUT2D eigenvalue weighted by Crippen LogP contribution is 2.12. The van der Waals surface area contributed by atoms with Gasteiger partial charge in [-0.2, -0.15) is 0 Å². The molecule has 0 amide bonds. The van der Waals surface area contributed by atoms with Gasteiger partial charge in [0, 0.05) is 12.1 Å². The molecule has 1 aromatic carbocycles. The summed E-state index contributed by atoms with van der Waals surface area (Å²) in [6.07, 6.45) is -0.0984. The van der Waals surface area contributed by atoms with E-state index in [9.17, 15) is 14.9 Å². The van der Waals surface area contributed by atoms with Crippen LogP contribution in [-0.2, 0) is 11.2 Å². The molecular weight excluding hydrogens is 214 g/mol. The lowest BCUT2D eigenvalue weighted by molar-refractivity contribution is -0.384. The van der Waals surface area contributed by atoms with Crippen LogP contribution in [0.5, 0.6) is 0 Å². The van der Waals surface area contributed by atoms with Gasteiger partial charge in [-0.25, -0.2) is 4.79 Å². The molecule has 0 fully saturated rings. The molecule has 0 aliphatic heterocycles. The minimum absolute atomic E-state index is 0.0468. The average Bonchev–Trinajstić information content (AvgIpc) is 2.25. The van der Waals surface area contributed by atoms with E-state index in [1.807, 2.05) is 0 Å². The summed E-state index contributed by atoms with van der Waals surface area (Å²) in [6.45, 7) is 0.131. The van der Waals surface area contributed by atoms with Crippen molar-refractivity contribution in [2.75, 3.05) is 6.61 Å². The lowest BCUT2D eigenvalue weighted by atomic mass is 10.1. The summed E-state index contributed by atoms with van der Waals surface area (Å²) in [5.41, 5.74) is 0.963. The van der Waals surface area contributed by atoms with Crippen LogP contribution in [0.15, 0.2) is 24.3 Å². The van der Waals surface area contributed by atoms with Crippen molar-refractivity contribution in [1.82, 2.24) is 0 Å². The van der Waals surface area contributed by atoms with E-state index in [1.54, 1.807) is 12.1 Å². The number of carbonyl (C=O) groups is 1. The van der Waals surface area contributed by atoms with Crippen LogP contribution in [0.4, 0.5) is 10.5 Å². The molecule has 0 heterocycles. The molecule has 0 spiro atoms. The summed E-state index contributed by atoms with van der Waals surface area (Å²) in [5, 5.41) is 18.6. The number of carboxylic acid groups (broad SMARTS) is 1. The van der Waals surface area contributed by atoms with Crippen LogP contribution in [0.25, 0.3) is 0 Å². The number of ether oxygens (including phenoxy) is 1. The van der Waals surface area contributed by atoms with Crippen molar-refractivity contribution in [2.45, 2.75) is 12.8 Å². The topological polar surface area (TPSA) is 89.7 Å². The molecule has 1 N–H and O–H groups in total. The fourth-order valence-electron chi connectivity index (χ4n) is 1.22. The first-order valence-electron chi connectivity index (χ1n) is 4.68. The number of aryl methyl sites for hydroxylation is 1. The molecule has 0 bridgehead atoms. The molecule has 6 nitrogen and oxygen atoms in total. The van der Waals surface area contributed by atoms with Crippen LogP contribution >= 0.6 is 0 Å². The third kappa shape index (κ3) is 3.95. The lowest BCUT2D eigenvalue weighted by Gasteiger charge is -2.01. The Morgan fingerprint density at radius 3 is 2.50 bits per heavy atom. The van der Waals surface area contributed by atoms with Gasteiger partial charge in [0.2, 0.25) is 0 Å². The number of hydrogen-bond donors (Lipinski definition) is 1. The molecule has 0 aliphatic rings. The Morgan fingerprint density at radius 2 is 2.00 bits per heavy atom. The zero-order valence-corrected chi connectivity index (χ0v) is 8.46. The molecular formula is C10H11NO5. The van der Waals surface area contributed by atoms with Gasteiger partial charge >= 0.3 is 6.16 Å². The first-order chi connectivity index (χ1) is 7.59. The van der Waals surface area contributed by atoms with Crippen LogP contribution < -0.4 is 0 Å². The quantitative estimate of drug-likeness (QED) is 0.359. The Hall–Kier alpha value is -2.11. The highest BCUT2D eigenvalue weighted by Gasteiger charge is 2.03. The Labute approximate surface area is 91.6 Å². The number of rotatable bonds is 5. The summed E-state index contributed by atoms with van der Waals surface area (Å²) in [7, 11) is 0. The normalized spacial score (nSPS) is 9.75. The van der Waals surface area contributed by atoms with Crippen molar-refractivity contribution >= 4 is 11.8 Å². The summed E-state index contributed by atoms with van der Waals surface area (Å²) in [4.78, 5) is 19.9. The van der Waals surface area contributed by atoms with E-state index in [2.05, 4.69) is 4.74 Å². The summed E-state index contributed by atoms with van der Waals surface area (Å²) in [5.74, 6) is 0. The van der Waals surface area contributed by atoms with E-state index in [0.29, 0.717) is 12.8 Å². The van der Waals surface area contributed by atoms with Gasteiger partial charge < -0.3 is 9.84 Å². The zero-order valence-electron chi connectivity index (χ0n) is 8.46. The second-order valence-electron chi connectivity index (χ2n) is 3.14. The van der Waals surface area contributed by atoms with E-state index in [-0.39, 0.29) is 12.3 Å². The SMILES string of the molecule is O=C(O)OCCCc1ccc([N+](=O)[O-])cc1. The molecule has 0 aromatic heterocycles. The Balaban J connectivity index is 2.38. The Kier molecular flexibility index (Phi) is 4.26. The van der Waals surface area contributed by atoms with Crippen LogP contribution in [0.1, 0.15) is 12.0 Å². The predicted octanol–water partition coefficient (Wildman–Crippen LogP) is 2.22. The third-order valence-corrected chi connectivity index (χ3v) is 1.98. The van der Waals surface area contributed by atoms with Crippen molar-refractivity contribution < 1.29 is 19.6 Å². The minimum Gasteiger partial charge on any atom is -0.450 e. The molecule has 0 saturated heterocycles. The van der Waals surface area contributed by atoms with Gasteiger partial charge in [-0.3, -0.25) is 10.1 Å². The third-order valence-electron chi connectivity index (χ3n) is 1.98. The molecule has 1 aromatic rings. The zero-order chi connectivity index (χ0) is 12.0. The molecule has 0 unspecified atom stereocenters. The van der Waals surface area contributed by atoms with Crippen LogP contribution in [0, 0.1) is 10.1 Å². The number of nitro groups is 1. The largest absolute Gasteiger partial charge is 0.505 e. The number of nitro benzene ring substituents is 1. The van der Waals surface area contributed by atoms with Gasteiger partial charge in [-0.1, -0.05) is 12.1 Å². The Morgan fingerprint density at radius 1 is 1.38 bits per heavy atom. The smallest absolute Gasteiger partial charge is 0.450 e. The summed E-state index contributed by atoms with van der Waals surface area (Å²) >= 11 is 0. The van der Waals surface area contributed by atoms with Gasteiger partial charge in [0.15, 0.2) is 0 Å².